The Bertz CT molecular complexity index is 245. The third kappa shape index (κ3) is 7.27. The molecule has 0 unspecified atom stereocenters. The van der Waals surface area contributed by atoms with Gasteiger partial charge in [-0.3, -0.25) is 0 Å². The maximum Gasteiger partial charge on any atom is 0.303 e. The molecule has 0 aromatic carbocycles. The zero-order valence-electron chi connectivity index (χ0n) is 14.5. The van der Waals surface area contributed by atoms with Gasteiger partial charge in [0.1, 0.15) is 0 Å². The summed E-state index contributed by atoms with van der Waals surface area (Å²) < 4.78 is 10.9. The molecule has 0 amide bonds. The molecule has 0 fully saturated rings. The van der Waals surface area contributed by atoms with E-state index in [4.69, 9.17) is 9.47 Å². The van der Waals surface area contributed by atoms with Gasteiger partial charge in [-0.05, 0) is 41.5 Å². The average Bonchev–Trinajstić information content (AvgIpc) is 2.25. The van der Waals surface area contributed by atoms with E-state index < -0.39 is 13.8 Å². The highest BCUT2D eigenvalue weighted by Crippen LogP contribution is 2.45. The van der Waals surface area contributed by atoms with Crippen molar-refractivity contribution < 1.29 is 9.47 Å². The molecule has 0 atom stereocenters. The van der Waals surface area contributed by atoms with Crippen molar-refractivity contribution in [2.24, 2.45) is 0 Å². The van der Waals surface area contributed by atoms with Crippen molar-refractivity contribution in [2.75, 3.05) is 14.2 Å². The van der Waals surface area contributed by atoms with E-state index in [0.29, 0.717) is 18.1 Å². The normalized spacial score (nSPS) is 13.8. The van der Waals surface area contributed by atoms with Crippen LogP contribution in [0.15, 0.2) is 0 Å². The summed E-state index contributed by atoms with van der Waals surface area (Å²) in [6, 6.07) is 0.934. The Kier molecular flexibility index (Phi) is 8.67. The molecular formula is C13H34N4O2P+. The van der Waals surface area contributed by atoms with Crippen LogP contribution >= 0.6 is 7.87 Å². The predicted molar refractivity (Wildman–Crippen MR) is 87.3 cm³/mol. The Morgan fingerprint density at radius 2 is 1.05 bits per heavy atom. The molecule has 0 aliphatic carbocycles. The third-order valence-corrected chi connectivity index (χ3v) is 5.96. The SMILES string of the molecule is COC(C)(N[P+](NC(C)C)(NC(C)C)NC(C)C)OC. The van der Waals surface area contributed by atoms with Crippen LogP contribution < -0.4 is 20.3 Å². The summed E-state index contributed by atoms with van der Waals surface area (Å²) in [5.41, 5.74) is 0. The van der Waals surface area contributed by atoms with Crippen molar-refractivity contribution in [3.05, 3.63) is 0 Å². The number of hydrogen-bond donors (Lipinski definition) is 4. The molecule has 0 aromatic heterocycles. The van der Waals surface area contributed by atoms with Crippen LogP contribution in [0.2, 0.25) is 0 Å². The minimum Gasteiger partial charge on any atom is -0.339 e. The van der Waals surface area contributed by atoms with E-state index in [1.54, 1.807) is 14.2 Å². The van der Waals surface area contributed by atoms with Crippen LogP contribution in [0.3, 0.4) is 0 Å². The first-order chi connectivity index (χ1) is 9.08. The van der Waals surface area contributed by atoms with Crippen LogP contribution in [0.4, 0.5) is 0 Å². The lowest BCUT2D eigenvalue weighted by atomic mass is 10.4. The van der Waals surface area contributed by atoms with Crippen molar-refractivity contribution in [3.63, 3.8) is 0 Å². The number of rotatable bonds is 10. The molecule has 0 aliphatic rings. The summed E-state index contributed by atoms with van der Waals surface area (Å²) >= 11 is 0. The van der Waals surface area contributed by atoms with Crippen LogP contribution in [-0.4, -0.2) is 38.3 Å². The summed E-state index contributed by atoms with van der Waals surface area (Å²) in [7, 11) is 1.19. The second kappa shape index (κ2) is 8.59. The summed E-state index contributed by atoms with van der Waals surface area (Å²) in [6.07, 6.45) is 0. The summed E-state index contributed by atoms with van der Waals surface area (Å²) in [5, 5.41) is 14.3. The lowest BCUT2D eigenvalue weighted by Gasteiger charge is -2.37. The molecular weight excluding hydrogens is 275 g/mol. The molecule has 0 aliphatic heterocycles. The fourth-order valence-electron chi connectivity index (χ4n) is 1.85. The Morgan fingerprint density at radius 1 is 0.750 bits per heavy atom. The molecule has 0 aromatic rings. The first-order valence-electron chi connectivity index (χ1n) is 7.20. The quantitative estimate of drug-likeness (QED) is 0.366. The van der Waals surface area contributed by atoms with Gasteiger partial charge in [0.05, 0.1) is 0 Å². The topological polar surface area (TPSA) is 66.6 Å². The first-order valence-corrected chi connectivity index (χ1v) is 8.99. The van der Waals surface area contributed by atoms with Gasteiger partial charge in [-0.25, -0.2) is 0 Å². The zero-order valence-corrected chi connectivity index (χ0v) is 15.4. The first kappa shape index (κ1) is 20.2. The van der Waals surface area contributed by atoms with Gasteiger partial charge in [0.25, 0.3) is 5.91 Å². The molecule has 0 heterocycles. The van der Waals surface area contributed by atoms with E-state index in [9.17, 15) is 0 Å². The largest absolute Gasteiger partial charge is 0.339 e. The van der Waals surface area contributed by atoms with Crippen molar-refractivity contribution in [1.82, 2.24) is 20.3 Å². The van der Waals surface area contributed by atoms with E-state index in [-0.39, 0.29) is 0 Å². The molecule has 4 N–H and O–H groups in total. The van der Waals surface area contributed by atoms with Gasteiger partial charge in [-0.2, -0.15) is 0 Å². The fourth-order valence-corrected chi connectivity index (χ4v) is 5.38. The lowest BCUT2D eigenvalue weighted by Crippen LogP contribution is -2.58. The molecule has 0 spiro atoms. The molecule has 122 valence electrons. The maximum absolute atomic E-state index is 5.46. The van der Waals surface area contributed by atoms with E-state index in [0.717, 1.165) is 0 Å². The number of ether oxygens (including phenoxy) is 2. The standard InChI is InChI=1S/C13H34N4O2P/c1-10(2)14-20(15-11(3)4,16-12(5)6)17-13(7,18-8)19-9/h10-12,14-17H,1-9H3/q+1. The van der Waals surface area contributed by atoms with Crippen molar-refractivity contribution >= 4 is 7.87 Å². The predicted octanol–water partition coefficient (Wildman–Crippen LogP) is 2.21. The Labute approximate surface area is 125 Å². The van der Waals surface area contributed by atoms with Gasteiger partial charge < -0.3 is 9.47 Å². The zero-order chi connectivity index (χ0) is 16.0. The van der Waals surface area contributed by atoms with Gasteiger partial charge in [0, 0.05) is 39.3 Å². The molecule has 20 heavy (non-hydrogen) atoms. The highest BCUT2D eigenvalue weighted by atomic mass is 31.2. The molecule has 0 saturated carbocycles. The van der Waals surface area contributed by atoms with Crippen molar-refractivity contribution in [3.8, 4) is 0 Å². The van der Waals surface area contributed by atoms with E-state index in [1.807, 2.05) is 6.92 Å². The Hall–Kier alpha value is 0.190. The van der Waals surface area contributed by atoms with Gasteiger partial charge in [-0.1, -0.05) is 5.09 Å². The summed E-state index contributed by atoms with van der Waals surface area (Å²) in [5.74, 6) is -0.862. The van der Waals surface area contributed by atoms with Gasteiger partial charge >= 0.3 is 7.87 Å². The second-order valence-electron chi connectivity index (χ2n) is 5.99. The number of methoxy groups -OCH3 is 2. The van der Waals surface area contributed by atoms with Crippen LogP contribution in [-0.2, 0) is 9.47 Å². The Balaban J connectivity index is 5.34. The second-order valence-corrected chi connectivity index (χ2v) is 8.33. The van der Waals surface area contributed by atoms with Crippen LogP contribution in [0.5, 0.6) is 0 Å². The van der Waals surface area contributed by atoms with E-state index in [1.165, 1.54) is 0 Å². The van der Waals surface area contributed by atoms with Crippen molar-refractivity contribution in [2.45, 2.75) is 72.5 Å². The van der Waals surface area contributed by atoms with Crippen LogP contribution in [0, 0.1) is 0 Å². The molecule has 7 heteroatoms. The number of hydrogen-bond acceptors (Lipinski definition) is 6. The Morgan fingerprint density at radius 3 is 1.25 bits per heavy atom. The number of nitrogens with one attached hydrogen (secondary N) is 4. The van der Waals surface area contributed by atoms with Gasteiger partial charge in [0.2, 0.25) is 0 Å². The molecule has 0 rings (SSSR count). The van der Waals surface area contributed by atoms with Crippen LogP contribution in [0.1, 0.15) is 48.5 Å². The van der Waals surface area contributed by atoms with Crippen molar-refractivity contribution in [1.29, 1.82) is 0 Å². The smallest absolute Gasteiger partial charge is 0.303 e. The molecule has 0 saturated heterocycles. The summed E-state index contributed by atoms with van der Waals surface area (Å²) in [6.45, 7) is 14.6. The third-order valence-electron chi connectivity index (χ3n) is 2.51. The fraction of sp³-hybridized carbons (Fsp3) is 1.00. The summed E-state index contributed by atoms with van der Waals surface area (Å²) in [4.78, 5) is 0. The highest BCUT2D eigenvalue weighted by Gasteiger charge is 2.48. The van der Waals surface area contributed by atoms with E-state index in [2.05, 4.69) is 61.9 Å². The minimum atomic E-state index is -2.07. The van der Waals surface area contributed by atoms with Gasteiger partial charge in [0.15, 0.2) is 0 Å². The average molecular weight is 309 g/mol. The minimum absolute atomic E-state index is 0.311. The van der Waals surface area contributed by atoms with Gasteiger partial charge in [-0.15, -0.1) is 15.3 Å². The van der Waals surface area contributed by atoms with Crippen LogP contribution in [0.25, 0.3) is 0 Å². The monoisotopic (exact) mass is 309 g/mol. The van der Waals surface area contributed by atoms with E-state index >= 15 is 0 Å². The molecule has 6 nitrogen and oxygen atoms in total. The molecule has 0 radical (unpaired) electrons. The maximum atomic E-state index is 5.46. The highest BCUT2D eigenvalue weighted by molar-refractivity contribution is 7.68. The molecule has 0 bridgehead atoms. The lowest BCUT2D eigenvalue weighted by molar-refractivity contribution is -0.201.